The molecule has 1 atom stereocenters. The predicted molar refractivity (Wildman–Crippen MR) is 113 cm³/mol. The summed E-state index contributed by atoms with van der Waals surface area (Å²) in [5.41, 5.74) is 0.0986. The highest BCUT2D eigenvalue weighted by Gasteiger charge is 2.35. The van der Waals surface area contributed by atoms with Crippen LogP contribution >= 0.6 is 0 Å². The highest BCUT2D eigenvalue weighted by atomic mass is 19.2. The second-order valence-electron chi connectivity index (χ2n) is 7.43. The summed E-state index contributed by atoms with van der Waals surface area (Å²) in [5, 5.41) is 9.29. The molecule has 2 fully saturated rings. The van der Waals surface area contributed by atoms with Crippen LogP contribution in [0, 0.1) is 11.6 Å². The first-order valence-electron chi connectivity index (χ1n) is 10.1. The molecule has 170 valence electrons. The first-order chi connectivity index (χ1) is 16.0. The number of carbonyl (C=O) groups excluding carboxylic acids is 2. The van der Waals surface area contributed by atoms with Crippen molar-refractivity contribution in [1.29, 1.82) is 0 Å². The van der Waals surface area contributed by atoms with Gasteiger partial charge >= 0.3 is 12.1 Å². The van der Waals surface area contributed by atoms with Gasteiger partial charge in [0.15, 0.2) is 17.5 Å². The van der Waals surface area contributed by atoms with Gasteiger partial charge in [-0.05, 0) is 24.3 Å². The van der Waals surface area contributed by atoms with Crippen LogP contribution in [-0.2, 0) is 4.74 Å². The third kappa shape index (κ3) is 3.90. The summed E-state index contributed by atoms with van der Waals surface area (Å²) in [7, 11) is 0. The van der Waals surface area contributed by atoms with E-state index in [0.717, 1.165) is 4.90 Å². The number of benzene rings is 1. The number of amides is 3. The molecule has 0 spiro atoms. The number of cyclic esters (lactones) is 1. The number of hydrogen-bond donors (Lipinski definition) is 2. The van der Waals surface area contributed by atoms with Crippen LogP contribution in [0.2, 0.25) is 0 Å². The summed E-state index contributed by atoms with van der Waals surface area (Å²) in [6, 6.07) is 7.16. The Labute approximate surface area is 186 Å². The maximum Gasteiger partial charge on any atom is 0.414 e. The summed E-state index contributed by atoms with van der Waals surface area (Å²) in [4.78, 5) is 30.7. The van der Waals surface area contributed by atoms with Gasteiger partial charge in [0.2, 0.25) is 0 Å². The van der Waals surface area contributed by atoms with Gasteiger partial charge in [-0.25, -0.2) is 23.4 Å². The van der Waals surface area contributed by atoms with E-state index in [1.165, 1.54) is 29.5 Å². The molecule has 4 heterocycles. The summed E-state index contributed by atoms with van der Waals surface area (Å²) in [5.74, 6) is -1.40. The lowest BCUT2D eigenvalue weighted by molar-refractivity contribution is 0.147. The SMILES string of the molecule is O=C1NCCN1c1ccc(-c2ccc(N3C[C@H](CNc4ccon4)OC3=O)c(F)c2F)cn1. The lowest BCUT2D eigenvalue weighted by Gasteiger charge is -2.16. The van der Waals surface area contributed by atoms with Crippen LogP contribution in [0.5, 0.6) is 0 Å². The second-order valence-corrected chi connectivity index (χ2v) is 7.43. The van der Waals surface area contributed by atoms with Gasteiger partial charge in [0.25, 0.3) is 0 Å². The Kier molecular flexibility index (Phi) is 5.24. The summed E-state index contributed by atoms with van der Waals surface area (Å²) in [6.45, 7) is 1.25. The van der Waals surface area contributed by atoms with Crippen molar-refractivity contribution in [2.75, 3.05) is 41.3 Å². The summed E-state index contributed by atoms with van der Waals surface area (Å²) < 4.78 is 39.8. The fourth-order valence-corrected chi connectivity index (χ4v) is 3.71. The van der Waals surface area contributed by atoms with Crippen molar-refractivity contribution in [2.45, 2.75) is 6.10 Å². The Morgan fingerprint density at radius 2 is 2.00 bits per heavy atom. The molecule has 2 saturated heterocycles. The van der Waals surface area contributed by atoms with Crippen LogP contribution in [0.3, 0.4) is 0 Å². The third-order valence-electron chi connectivity index (χ3n) is 5.37. The number of halogens is 2. The van der Waals surface area contributed by atoms with Gasteiger partial charge in [-0.3, -0.25) is 9.80 Å². The number of urea groups is 1. The van der Waals surface area contributed by atoms with Crippen molar-refractivity contribution >= 4 is 29.4 Å². The van der Waals surface area contributed by atoms with Gasteiger partial charge in [-0.1, -0.05) is 5.16 Å². The van der Waals surface area contributed by atoms with E-state index in [9.17, 15) is 18.4 Å². The molecule has 2 aliphatic rings. The van der Waals surface area contributed by atoms with Crippen LogP contribution in [-0.4, -0.2) is 54.5 Å². The molecular formula is C21H18F2N6O4. The van der Waals surface area contributed by atoms with Gasteiger partial charge in [0.1, 0.15) is 18.2 Å². The Morgan fingerprint density at radius 1 is 1.12 bits per heavy atom. The molecule has 2 aliphatic heterocycles. The molecular weight excluding hydrogens is 438 g/mol. The van der Waals surface area contributed by atoms with Crippen molar-refractivity contribution in [1.82, 2.24) is 15.5 Å². The van der Waals surface area contributed by atoms with Crippen molar-refractivity contribution in [3.05, 3.63) is 54.4 Å². The Morgan fingerprint density at radius 3 is 2.70 bits per heavy atom. The maximum absolute atomic E-state index is 14.9. The van der Waals surface area contributed by atoms with Crippen molar-refractivity contribution in [3.8, 4) is 11.1 Å². The molecule has 3 aromatic rings. The average molecular weight is 456 g/mol. The third-order valence-corrected chi connectivity index (χ3v) is 5.37. The molecule has 33 heavy (non-hydrogen) atoms. The highest BCUT2D eigenvalue weighted by Crippen LogP contribution is 2.33. The van der Waals surface area contributed by atoms with E-state index < -0.39 is 23.8 Å². The topological polar surface area (TPSA) is 113 Å². The number of nitrogens with one attached hydrogen (secondary N) is 2. The van der Waals surface area contributed by atoms with Crippen molar-refractivity contribution in [2.24, 2.45) is 0 Å². The number of hydrogen-bond acceptors (Lipinski definition) is 7. The van der Waals surface area contributed by atoms with Crippen molar-refractivity contribution in [3.63, 3.8) is 0 Å². The van der Waals surface area contributed by atoms with Gasteiger partial charge in [0.05, 0.1) is 18.8 Å². The number of aromatic nitrogens is 2. The molecule has 3 amide bonds. The fraction of sp³-hybridized carbons (Fsp3) is 0.238. The van der Waals surface area contributed by atoms with E-state index in [1.807, 2.05) is 0 Å². The standard InChI is InChI=1S/C21H18F2N6O4/c22-18-14(12-1-4-17(26-9-12)28-7-6-24-20(28)30)2-3-15(19(18)23)29-11-13(33-21(29)31)10-25-16-5-8-32-27-16/h1-5,8-9,13H,6-7,10-11H2,(H,24,30)(H,25,27)/t13-/m0/s1. The molecule has 0 bridgehead atoms. The molecule has 0 unspecified atom stereocenters. The number of nitrogens with zero attached hydrogens (tertiary/aromatic N) is 4. The molecule has 0 aliphatic carbocycles. The highest BCUT2D eigenvalue weighted by molar-refractivity contribution is 5.93. The summed E-state index contributed by atoms with van der Waals surface area (Å²) >= 11 is 0. The normalized spacial score (nSPS) is 17.9. The minimum Gasteiger partial charge on any atom is -0.442 e. The maximum atomic E-state index is 14.9. The van der Waals surface area contributed by atoms with Crippen LogP contribution in [0.15, 0.2) is 47.3 Å². The van der Waals surface area contributed by atoms with Crippen LogP contribution in [0.25, 0.3) is 11.1 Å². The molecule has 0 radical (unpaired) electrons. The second kappa shape index (κ2) is 8.37. The lowest BCUT2D eigenvalue weighted by atomic mass is 10.1. The predicted octanol–water partition coefficient (Wildman–Crippen LogP) is 2.98. The monoisotopic (exact) mass is 456 g/mol. The Balaban J connectivity index is 1.32. The Hall–Kier alpha value is -4.22. The van der Waals surface area contributed by atoms with E-state index in [-0.39, 0.29) is 30.4 Å². The van der Waals surface area contributed by atoms with Gasteiger partial charge in [-0.15, -0.1) is 0 Å². The smallest absolute Gasteiger partial charge is 0.414 e. The molecule has 2 aromatic heterocycles. The number of ether oxygens (including phenoxy) is 1. The van der Waals surface area contributed by atoms with Gasteiger partial charge in [0, 0.05) is 36.5 Å². The molecule has 0 saturated carbocycles. The zero-order valence-corrected chi connectivity index (χ0v) is 17.1. The quantitative estimate of drug-likeness (QED) is 0.586. The molecule has 1 aromatic carbocycles. The number of anilines is 3. The van der Waals surface area contributed by atoms with Crippen LogP contribution in [0.1, 0.15) is 0 Å². The zero-order valence-electron chi connectivity index (χ0n) is 17.1. The minimum absolute atomic E-state index is 0.0158. The number of pyridine rings is 1. The van der Waals surface area contributed by atoms with Crippen molar-refractivity contribution < 1.29 is 27.6 Å². The van der Waals surface area contributed by atoms with E-state index in [0.29, 0.717) is 30.3 Å². The minimum atomic E-state index is -1.17. The molecule has 2 N–H and O–H groups in total. The van der Waals surface area contributed by atoms with E-state index in [2.05, 4.69) is 20.8 Å². The van der Waals surface area contributed by atoms with Crippen LogP contribution in [0.4, 0.5) is 35.7 Å². The molecule has 10 nitrogen and oxygen atoms in total. The molecule has 5 rings (SSSR count). The van der Waals surface area contributed by atoms with E-state index in [1.54, 1.807) is 18.2 Å². The van der Waals surface area contributed by atoms with Gasteiger partial charge in [-0.2, -0.15) is 0 Å². The largest absolute Gasteiger partial charge is 0.442 e. The average Bonchev–Trinajstić information content (AvgIpc) is 3.56. The van der Waals surface area contributed by atoms with Crippen LogP contribution < -0.4 is 20.4 Å². The number of rotatable bonds is 6. The first-order valence-corrected chi connectivity index (χ1v) is 10.1. The molecule has 12 heteroatoms. The Bertz CT molecular complexity index is 1190. The first kappa shape index (κ1) is 20.7. The van der Waals surface area contributed by atoms with E-state index >= 15 is 0 Å². The zero-order chi connectivity index (χ0) is 22.9. The lowest BCUT2D eigenvalue weighted by Crippen LogP contribution is -2.28. The summed E-state index contributed by atoms with van der Waals surface area (Å²) in [6.07, 6.45) is 1.40. The fourth-order valence-electron chi connectivity index (χ4n) is 3.71. The van der Waals surface area contributed by atoms with E-state index in [4.69, 9.17) is 9.26 Å². The van der Waals surface area contributed by atoms with Gasteiger partial charge < -0.3 is 19.9 Å². The number of carbonyl (C=O) groups is 2.